The van der Waals surface area contributed by atoms with Gasteiger partial charge in [0.2, 0.25) is 12.7 Å². The van der Waals surface area contributed by atoms with Gasteiger partial charge in [-0.15, -0.1) is 0 Å². The van der Waals surface area contributed by atoms with Gasteiger partial charge in [0, 0.05) is 18.7 Å². The summed E-state index contributed by atoms with van der Waals surface area (Å²) < 4.78 is 10.3. The number of amides is 1. The number of ether oxygens (including phenoxy) is 2. The highest BCUT2D eigenvalue weighted by Crippen LogP contribution is 2.34. The van der Waals surface area contributed by atoms with Crippen molar-refractivity contribution in [1.82, 2.24) is 0 Å². The molecule has 0 aliphatic carbocycles. The fourth-order valence-electron chi connectivity index (χ4n) is 1.18. The number of nitrogens with one attached hydrogen (secondary N) is 1. The van der Waals surface area contributed by atoms with Gasteiger partial charge in [-0.25, -0.2) is 0 Å². The Balaban J connectivity index is 0.000000531. The molecule has 4 nitrogen and oxygen atoms in total. The molecule has 0 saturated heterocycles. The summed E-state index contributed by atoms with van der Waals surface area (Å²) in [5.41, 5.74) is 0.719. The van der Waals surface area contributed by atoms with E-state index in [4.69, 9.17) is 9.47 Å². The van der Waals surface area contributed by atoms with E-state index in [9.17, 15) is 4.79 Å². The summed E-state index contributed by atoms with van der Waals surface area (Å²) in [6.45, 7) is 5.71. The van der Waals surface area contributed by atoms with Gasteiger partial charge in [0.25, 0.3) is 0 Å². The molecule has 1 aromatic rings. The van der Waals surface area contributed by atoms with Crippen molar-refractivity contribution in [3.05, 3.63) is 18.2 Å². The minimum absolute atomic E-state index is 0.0983. The summed E-state index contributed by atoms with van der Waals surface area (Å²) in [6.07, 6.45) is 0. The van der Waals surface area contributed by atoms with Gasteiger partial charge >= 0.3 is 0 Å². The van der Waals surface area contributed by atoms with E-state index in [0.29, 0.717) is 11.5 Å². The van der Waals surface area contributed by atoms with Crippen LogP contribution < -0.4 is 14.8 Å². The standard InChI is InChI=1S/C9H9NO3.C2H6/c1-6(11)10-7-2-3-8-9(4-7)13-5-12-8;1-2/h2-4H,5H2,1H3,(H,10,11);1-2H3. The molecule has 4 heteroatoms. The van der Waals surface area contributed by atoms with Crippen LogP contribution in [0.25, 0.3) is 0 Å². The normalized spacial score (nSPS) is 11.4. The minimum Gasteiger partial charge on any atom is -0.454 e. The summed E-state index contributed by atoms with van der Waals surface area (Å²) in [5.74, 6) is 1.29. The van der Waals surface area contributed by atoms with E-state index in [2.05, 4.69) is 5.32 Å². The molecular weight excluding hydrogens is 194 g/mol. The highest BCUT2D eigenvalue weighted by Gasteiger charge is 2.13. The van der Waals surface area contributed by atoms with Crippen LogP contribution in [0.15, 0.2) is 18.2 Å². The van der Waals surface area contributed by atoms with Gasteiger partial charge in [0.15, 0.2) is 11.5 Å². The molecule has 1 heterocycles. The maximum Gasteiger partial charge on any atom is 0.231 e. The number of carbonyl (C=O) groups is 1. The topological polar surface area (TPSA) is 47.6 Å². The molecule has 1 aliphatic heterocycles. The average molecular weight is 209 g/mol. The summed E-state index contributed by atoms with van der Waals surface area (Å²) in [5, 5.41) is 2.66. The Hall–Kier alpha value is -1.71. The van der Waals surface area contributed by atoms with Crippen molar-refractivity contribution < 1.29 is 14.3 Å². The number of rotatable bonds is 1. The van der Waals surface area contributed by atoms with Gasteiger partial charge in [-0.05, 0) is 12.1 Å². The lowest BCUT2D eigenvalue weighted by atomic mass is 10.3. The molecule has 82 valence electrons. The van der Waals surface area contributed by atoms with E-state index in [1.54, 1.807) is 18.2 Å². The lowest BCUT2D eigenvalue weighted by Gasteiger charge is -2.02. The zero-order valence-electron chi connectivity index (χ0n) is 9.16. The second-order valence-corrected chi connectivity index (χ2v) is 2.75. The van der Waals surface area contributed by atoms with Gasteiger partial charge in [-0.2, -0.15) is 0 Å². The van der Waals surface area contributed by atoms with Gasteiger partial charge in [0.1, 0.15) is 0 Å². The number of hydrogen-bond donors (Lipinski definition) is 1. The number of hydrogen-bond acceptors (Lipinski definition) is 3. The van der Waals surface area contributed by atoms with Crippen molar-refractivity contribution in [3.63, 3.8) is 0 Å². The van der Waals surface area contributed by atoms with Crippen LogP contribution in [0.4, 0.5) is 5.69 Å². The highest BCUT2D eigenvalue weighted by atomic mass is 16.7. The molecule has 15 heavy (non-hydrogen) atoms. The molecule has 1 aromatic carbocycles. The molecule has 0 radical (unpaired) electrons. The third-order valence-corrected chi connectivity index (χ3v) is 1.69. The van der Waals surface area contributed by atoms with Crippen molar-refractivity contribution in [2.45, 2.75) is 20.8 Å². The fraction of sp³-hybridized carbons (Fsp3) is 0.364. The van der Waals surface area contributed by atoms with E-state index in [1.165, 1.54) is 6.92 Å². The van der Waals surface area contributed by atoms with Crippen molar-refractivity contribution in [2.75, 3.05) is 12.1 Å². The molecule has 1 amide bonds. The van der Waals surface area contributed by atoms with Crippen LogP contribution in [-0.2, 0) is 4.79 Å². The van der Waals surface area contributed by atoms with Crippen molar-refractivity contribution >= 4 is 11.6 Å². The van der Waals surface area contributed by atoms with Crippen molar-refractivity contribution in [1.29, 1.82) is 0 Å². The van der Waals surface area contributed by atoms with Crippen LogP contribution in [0.3, 0.4) is 0 Å². The Morgan fingerprint density at radius 1 is 1.27 bits per heavy atom. The predicted octanol–water partition coefficient (Wildman–Crippen LogP) is 2.40. The van der Waals surface area contributed by atoms with E-state index < -0.39 is 0 Å². The molecule has 0 saturated carbocycles. The first-order valence-electron chi connectivity index (χ1n) is 4.93. The molecule has 0 aromatic heterocycles. The van der Waals surface area contributed by atoms with E-state index in [0.717, 1.165) is 5.69 Å². The number of benzene rings is 1. The Bertz CT molecular complexity index is 350. The quantitative estimate of drug-likeness (QED) is 0.772. The van der Waals surface area contributed by atoms with Crippen LogP contribution in [0.5, 0.6) is 11.5 Å². The Morgan fingerprint density at radius 2 is 1.93 bits per heavy atom. The van der Waals surface area contributed by atoms with Crippen LogP contribution in [0, 0.1) is 0 Å². The minimum atomic E-state index is -0.0983. The van der Waals surface area contributed by atoms with Gasteiger partial charge in [0.05, 0.1) is 0 Å². The van der Waals surface area contributed by atoms with Crippen LogP contribution in [0.2, 0.25) is 0 Å². The molecule has 2 rings (SSSR count). The molecule has 0 atom stereocenters. The second kappa shape index (κ2) is 5.24. The summed E-state index contributed by atoms with van der Waals surface area (Å²) in [7, 11) is 0. The lowest BCUT2D eigenvalue weighted by Crippen LogP contribution is -2.05. The molecular formula is C11H15NO3. The molecule has 1 aliphatic rings. The van der Waals surface area contributed by atoms with Crippen molar-refractivity contribution in [3.8, 4) is 11.5 Å². The fourth-order valence-corrected chi connectivity index (χ4v) is 1.18. The smallest absolute Gasteiger partial charge is 0.231 e. The largest absolute Gasteiger partial charge is 0.454 e. The van der Waals surface area contributed by atoms with Gasteiger partial charge in [-0.3, -0.25) is 4.79 Å². The average Bonchev–Trinajstić information content (AvgIpc) is 2.67. The zero-order valence-corrected chi connectivity index (χ0v) is 9.16. The molecule has 1 N–H and O–H groups in total. The van der Waals surface area contributed by atoms with Crippen LogP contribution >= 0.6 is 0 Å². The van der Waals surface area contributed by atoms with Crippen LogP contribution in [0.1, 0.15) is 20.8 Å². The first-order valence-corrected chi connectivity index (χ1v) is 4.93. The first-order chi connectivity index (χ1) is 7.25. The zero-order chi connectivity index (χ0) is 11.3. The summed E-state index contributed by atoms with van der Waals surface area (Å²) in [4.78, 5) is 10.7. The van der Waals surface area contributed by atoms with Gasteiger partial charge in [-0.1, -0.05) is 13.8 Å². The number of anilines is 1. The second-order valence-electron chi connectivity index (χ2n) is 2.75. The Kier molecular flexibility index (Phi) is 3.97. The third kappa shape index (κ3) is 2.87. The maximum absolute atomic E-state index is 10.7. The van der Waals surface area contributed by atoms with Crippen LogP contribution in [-0.4, -0.2) is 12.7 Å². The summed E-state index contributed by atoms with van der Waals surface area (Å²) in [6, 6.07) is 5.28. The monoisotopic (exact) mass is 209 g/mol. The third-order valence-electron chi connectivity index (χ3n) is 1.69. The SMILES string of the molecule is CC.CC(=O)Nc1ccc2c(c1)OCO2. The first kappa shape index (κ1) is 11.4. The molecule has 0 fully saturated rings. The van der Waals surface area contributed by atoms with E-state index in [-0.39, 0.29) is 12.7 Å². The lowest BCUT2D eigenvalue weighted by molar-refractivity contribution is -0.114. The summed E-state index contributed by atoms with van der Waals surface area (Å²) >= 11 is 0. The highest BCUT2D eigenvalue weighted by molar-refractivity contribution is 5.89. The van der Waals surface area contributed by atoms with E-state index >= 15 is 0 Å². The van der Waals surface area contributed by atoms with Crippen molar-refractivity contribution in [2.24, 2.45) is 0 Å². The van der Waals surface area contributed by atoms with Gasteiger partial charge < -0.3 is 14.8 Å². The molecule has 0 spiro atoms. The Labute approximate surface area is 89.2 Å². The Morgan fingerprint density at radius 3 is 2.60 bits per heavy atom. The predicted molar refractivity (Wildman–Crippen MR) is 58.2 cm³/mol. The van der Waals surface area contributed by atoms with E-state index in [1.807, 2.05) is 13.8 Å². The number of carbonyl (C=O) groups excluding carboxylic acids is 1. The number of fused-ring (bicyclic) bond motifs is 1. The maximum atomic E-state index is 10.7. The molecule has 0 bridgehead atoms. The molecule has 0 unspecified atom stereocenters.